The van der Waals surface area contributed by atoms with Crippen LogP contribution in [-0.4, -0.2) is 10.9 Å². The van der Waals surface area contributed by atoms with Gasteiger partial charge in [0.05, 0.1) is 5.52 Å². The smallest absolute Gasteiger partial charge is 0.274 e. The van der Waals surface area contributed by atoms with Crippen molar-refractivity contribution in [1.82, 2.24) is 4.98 Å². The van der Waals surface area contributed by atoms with Gasteiger partial charge in [0.1, 0.15) is 5.69 Å². The summed E-state index contributed by atoms with van der Waals surface area (Å²) in [5, 5.41) is 6.35. The van der Waals surface area contributed by atoms with Crippen molar-refractivity contribution in [2.45, 2.75) is 19.8 Å². The van der Waals surface area contributed by atoms with Crippen molar-refractivity contribution in [3.63, 3.8) is 0 Å². The Hall–Kier alpha value is -3.20. The summed E-state index contributed by atoms with van der Waals surface area (Å²) >= 11 is 0. The molecule has 0 fully saturated rings. The number of benzene rings is 3. The van der Waals surface area contributed by atoms with E-state index in [1.165, 1.54) is 5.56 Å². The molecule has 1 N–H and O–H groups in total. The summed E-state index contributed by atoms with van der Waals surface area (Å²) in [4.78, 5) is 17.3. The molecular weight excluding hydrogens is 320 g/mol. The molecular formula is C23H20N2O. The Morgan fingerprint density at radius 2 is 1.65 bits per heavy atom. The first-order chi connectivity index (χ1) is 12.8. The summed E-state index contributed by atoms with van der Waals surface area (Å²) in [6, 6.07) is 23.8. The van der Waals surface area contributed by atoms with Gasteiger partial charge in [-0.25, -0.2) is 4.98 Å². The van der Waals surface area contributed by atoms with Crippen LogP contribution in [0.2, 0.25) is 0 Å². The highest BCUT2D eigenvalue weighted by atomic mass is 16.1. The molecule has 0 aliphatic carbocycles. The number of nitrogens with zero attached hydrogens (tertiary/aromatic N) is 1. The van der Waals surface area contributed by atoms with Gasteiger partial charge in [0, 0.05) is 16.5 Å². The van der Waals surface area contributed by atoms with Crippen molar-refractivity contribution < 1.29 is 4.79 Å². The number of aromatic nitrogens is 1. The SMILES string of the molecule is CCCc1cccc2cccc(NC(=O)c3ccc4ccccc4n3)c12. The highest BCUT2D eigenvalue weighted by molar-refractivity contribution is 6.09. The highest BCUT2D eigenvalue weighted by Crippen LogP contribution is 2.28. The van der Waals surface area contributed by atoms with E-state index in [-0.39, 0.29) is 5.91 Å². The summed E-state index contributed by atoms with van der Waals surface area (Å²) in [5.74, 6) is -0.186. The van der Waals surface area contributed by atoms with Crippen molar-refractivity contribution in [3.8, 4) is 0 Å². The van der Waals surface area contributed by atoms with E-state index in [1.807, 2.05) is 42.5 Å². The Bertz CT molecular complexity index is 1100. The van der Waals surface area contributed by atoms with Gasteiger partial charge in [-0.15, -0.1) is 0 Å². The monoisotopic (exact) mass is 340 g/mol. The summed E-state index contributed by atoms with van der Waals surface area (Å²) < 4.78 is 0. The number of amides is 1. The van der Waals surface area contributed by atoms with E-state index in [0.29, 0.717) is 5.69 Å². The molecule has 0 radical (unpaired) electrons. The summed E-state index contributed by atoms with van der Waals surface area (Å²) in [7, 11) is 0. The molecule has 26 heavy (non-hydrogen) atoms. The Balaban J connectivity index is 1.72. The molecule has 3 nitrogen and oxygen atoms in total. The summed E-state index contributed by atoms with van der Waals surface area (Å²) in [6.45, 7) is 2.17. The first kappa shape index (κ1) is 16.3. The highest BCUT2D eigenvalue weighted by Gasteiger charge is 2.12. The minimum Gasteiger partial charge on any atom is -0.320 e. The van der Waals surface area contributed by atoms with Gasteiger partial charge in [-0.1, -0.05) is 67.9 Å². The maximum Gasteiger partial charge on any atom is 0.274 e. The fraction of sp³-hybridized carbons (Fsp3) is 0.130. The van der Waals surface area contributed by atoms with Crippen molar-refractivity contribution >= 4 is 33.3 Å². The second kappa shape index (κ2) is 6.96. The average Bonchev–Trinajstić information content (AvgIpc) is 2.68. The first-order valence-electron chi connectivity index (χ1n) is 8.94. The fourth-order valence-corrected chi connectivity index (χ4v) is 3.38. The molecule has 1 heterocycles. The molecule has 0 aliphatic heterocycles. The van der Waals surface area contributed by atoms with Crippen LogP contribution >= 0.6 is 0 Å². The van der Waals surface area contributed by atoms with E-state index in [4.69, 9.17) is 0 Å². The van der Waals surface area contributed by atoms with E-state index < -0.39 is 0 Å². The van der Waals surface area contributed by atoms with E-state index in [1.54, 1.807) is 6.07 Å². The predicted octanol–water partition coefficient (Wildman–Crippen LogP) is 5.59. The number of pyridine rings is 1. The van der Waals surface area contributed by atoms with Gasteiger partial charge >= 0.3 is 0 Å². The van der Waals surface area contributed by atoms with Crippen LogP contribution < -0.4 is 5.32 Å². The lowest BCUT2D eigenvalue weighted by molar-refractivity contribution is 0.102. The number of hydrogen-bond acceptors (Lipinski definition) is 2. The maximum absolute atomic E-state index is 12.8. The molecule has 0 saturated carbocycles. The average molecular weight is 340 g/mol. The number of carbonyl (C=O) groups excluding carboxylic acids is 1. The standard InChI is InChI=1S/C23H20N2O/c1-2-7-17-9-5-10-18-11-6-13-20(22(17)18)25-23(26)21-15-14-16-8-3-4-12-19(16)24-21/h3-6,8-15H,2,7H2,1H3,(H,25,26). The van der Waals surface area contributed by atoms with Crippen LogP contribution in [0, 0.1) is 0 Å². The third kappa shape index (κ3) is 3.04. The topological polar surface area (TPSA) is 42.0 Å². The molecule has 128 valence electrons. The number of para-hydroxylation sites is 1. The van der Waals surface area contributed by atoms with Gasteiger partial charge < -0.3 is 5.32 Å². The Morgan fingerprint density at radius 1 is 0.885 bits per heavy atom. The molecule has 4 rings (SSSR count). The molecule has 3 aromatic carbocycles. The predicted molar refractivity (Wildman–Crippen MR) is 108 cm³/mol. The molecule has 1 amide bonds. The Morgan fingerprint density at radius 3 is 2.50 bits per heavy atom. The van der Waals surface area contributed by atoms with Crippen LogP contribution in [0.3, 0.4) is 0 Å². The molecule has 1 aromatic heterocycles. The van der Waals surface area contributed by atoms with Gasteiger partial charge in [-0.05, 0) is 35.6 Å². The molecule has 0 spiro atoms. The van der Waals surface area contributed by atoms with Crippen molar-refractivity contribution in [3.05, 3.63) is 84.1 Å². The number of rotatable bonds is 4. The van der Waals surface area contributed by atoms with Crippen LogP contribution in [0.4, 0.5) is 5.69 Å². The van der Waals surface area contributed by atoms with E-state index in [0.717, 1.165) is 40.2 Å². The van der Waals surface area contributed by atoms with E-state index in [2.05, 4.69) is 41.5 Å². The maximum atomic E-state index is 12.8. The van der Waals surface area contributed by atoms with Crippen molar-refractivity contribution in [2.24, 2.45) is 0 Å². The number of hydrogen-bond donors (Lipinski definition) is 1. The third-order valence-corrected chi connectivity index (χ3v) is 4.59. The van der Waals surface area contributed by atoms with Crippen LogP contribution in [0.5, 0.6) is 0 Å². The second-order valence-electron chi connectivity index (χ2n) is 6.41. The second-order valence-corrected chi connectivity index (χ2v) is 6.41. The molecule has 0 aliphatic rings. The lowest BCUT2D eigenvalue weighted by Gasteiger charge is -2.12. The van der Waals surface area contributed by atoms with Crippen molar-refractivity contribution in [2.75, 3.05) is 5.32 Å². The van der Waals surface area contributed by atoms with Crippen LogP contribution in [-0.2, 0) is 6.42 Å². The summed E-state index contributed by atoms with van der Waals surface area (Å²) in [5.41, 5.74) is 3.34. The Kier molecular flexibility index (Phi) is 4.36. The minimum absolute atomic E-state index is 0.186. The molecule has 3 heteroatoms. The lowest BCUT2D eigenvalue weighted by Crippen LogP contribution is -2.14. The number of aryl methyl sites for hydroxylation is 1. The van der Waals surface area contributed by atoms with Crippen LogP contribution in [0.15, 0.2) is 72.8 Å². The molecule has 0 bridgehead atoms. The Labute approximate surface area is 152 Å². The molecule has 4 aromatic rings. The van der Waals surface area contributed by atoms with Crippen LogP contribution in [0.25, 0.3) is 21.7 Å². The normalized spacial score (nSPS) is 11.0. The zero-order valence-corrected chi connectivity index (χ0v) is 14.7. The third-order valence-electron chi connectivity index (χ3n) is 4.59. The molecule has 0 atom stereocenters. The number of nitrogens with one attached hydrogen (secondary N) is 1. The summed E-state index contributed by atoms with van der Waals surface area (Å²) in [6.07, 6.45) is 2.05. The van der Waals surface area contributed by atoms with E-state index in [9.17, 15) is 4.79 Å². The van der Waals surface area contributed by atoms with Gasteiger partial charge in [-0.3, -0.25) is 4.79 Å². The van der Waals surface area contributed by atoms with Crippen molar-refractivity contribution in [1.29, 1.82) is 0 Å². The largest absolute Gasteiger partial charge is 0.320 e. The van der Waals surface area contributed by atoms with Gasteiger partial charge in [0.15, 0.2) is 0 Å². The zero-order valence-electron chi connectivity index (χ0n) is 14.7. The molecule has 0 saturated heterocycles. The zero-order chi connectivity index (χ0) is 17.9. The first-order valence-corrected chi connectivity index (χ1v) is 8.94. The van der Waals surface area contributed by atoms with Gasteiger partial charge in [-0.2, -0.15) is 0 Å². The lowest BCUT2D eigenvalue weighted by atomic mass is 9.99. The quantitative estimate of drug-likeness (QED) is 0.526. The van der Waals surface area contributed by atoms with Gasteiger partial charge in [0.2, 0.25) is 0 Å². The molecule has 0 unspecified atom stereocenters. The minimum atomic E-state index is -0.186. The van der Waals surface area contributed by atoms with Crippen LogP contribution in [0.1, 0.15) is 29.4 Å². The number of fused-ring (bicyclic) bond motifs is 2. The number of anilines is 1. The number of carbonyl (C=O) groups is 1. The van der Waals surface area contributed by atoms with E-state index >= 15 is 0 Å². The fourth-order valence-electron chi connectivity index (χ4n) is 3.38. The van der Waals surface area contributed by atoms with Gasteiger partial charge in [0.25, 0.3) is 5.91 Å².